The molecule has 0 aliphatic carbocycles. The van der Waals surface area contributed by atoms with Crippen molar-refractivity contribution in [3.63, 3.8) is 0 Å². The first kappa shape index (κ1) is 13.9. The smallest absolute Gasteiger partial charge is 0.287 e. The maximum Gasteiger partial charge on any atom is 0.287 e. The Balaban J connectivity index is 2.94. The van der Waals surface area contributed by atoms with Gasteiger partial charge in [-0.3, -0.25) is 10.1 Å². The van der Waals surface area contributed by atoms with Crippen LogP contribution in [0.15, 0.2) is 18.2 Å². The molecule has 0 radical (unpaired) electrons. The molecular formula is C12H15N3O3. The van der Waals surface area contributed by atoms with E-state index in [-0.39, 0.29) is 29.8 Å². The lowest BCUT2D eigenvalue weighted by Gasteiger charge is -2.20. The van der Waals surface area contributed by atoms with Crippen molar-refractivity contribution < 1.29 is 10.0 Å². The van der Waals surface area contributed by atoms with Crippen LogP contribution >= 0.6 is 0 Å². The highest BCUT2D eigenvalue weighted by Gasteiger charge is 2.16. The van der Waals surface area contributed by atoms with Crippen LogP contribution in [0.1, 0.15) is 19.4 Å². The van der Waals surface area contributed by atoms with Crippen molar-refractivity contribution >= 4 is 11.4 Å². The van der Waals surface area contributed by atoms with E-state index in [0.29, 0.717) is 5.69 Å². The predicted molar refractivity (Wildman–Crippen MR) is 67.1 cm³/mol. The number of rotatable bonds is 5. The molecule has 0 fully saturated rings. The van der Waals surface area contributed by atoms with E-state index in [9.17, 15) is 10.1 Å². The van der Waals surface area contributed by atoms with E-state index in [1.165, 1.54) is 12.1 Å². The highest BCUT2D eigenvalue weighted by molar-refractivity contribution is 5.58. The summed E-state index contributed by atoms with van der Waals surface area (Å²) in [4.78, 5) is 10.1. The second-order valence-corrected chi connectivity index (χ2v) is 4.19. The molecule has 18 heavy (non-hydrogen) atoms. The number of hydrogen-bond acceptors (Lipinski definition) is 5. The molecule has 2 atom stereocenters. The van der Waals surface area contributed by atoms with E-state index >= 15 is 0 Å². The summed E-state index contributed by atoms with van der Waals surface area (Å²) in [6, 6.07) is 6.11. The number of nitrogens with one attached hydrogen (secondary N) is 1. The van der Waals surface area contributed by atoms with E-state index in [2.05, 4.69) is 5.32 Å². The first-order chi connectivity index (χ1) is 8.49. The summed E-state index contributed by atoms with van der Waals surface area (Å²) in [5.74, 6) is 0.0470. The molecule has 0 bridgehead atoms. The Labute approximate surface area is 105 Å². The Morgan fingerprint density at radius 2 is 2.22 bits per heavy atom. The normalized spacial score (nSPS) is 13.4. The second kappa shape index (κ2) is 5.98. The van der Waals surface area contributed by atoms with Gasteiger partial charge in [0.15, 0.2) is 0 Å². The quantitative estimate of drug-likeness (QED) is 0.613. The Bertz CT molecular complexity index is 482. The number of anilines is 1. The first-order valence-electron chi connectivity index (χ1n) is 5.55. The minimum absolute atomic E-state index is 0.00278. The zero-order valence-electron chi connectivity index (χ0n) is 10.3. The van der Waals surface area contributed by atoms with Crippen LogP contribution in [0.25, 0.3) is 0 Å². The zero-order valence-corrected chi connectivity index (χ0v) is 10.3. The Morgan fingerprint density at radius 1 is 1.56 bits per heavy atom. The molecule has 1 aromatic carbocycles. The minimum atomic E-state index is -0.581. The zero-order chi connectivity index (χ0) is 13.7. The fourth-order valence-corrected chi connectivity index (χ4v) is 1.44. The second-order valence-electron chi connectivity index (χ2n) is 4.19. The van der Waals surface area contributed by atoms with Crippen LogP contribution in [0.5, 0.6) is 0 Å². The van der Waals surface area contributed by atoms with Gasteiger partial charge in [-0.2, -0.15) is 5.26 Å². The van der Waals surface area contributed by atoms with Gasteiger partial charge < -0.3 is 10.4 Å². The van der Waals surface area contributed by atoms with Gasteiger partial charge in [-0.1, -0.05) is 6.92 Å². The van der Waals surface area contributed by atoms with Crippen LogP contribution in [-0.2, 0) is 0 Å². The fourth-order valence-electron chi connectivity index (χ4n) is 1.44. The van der Waals surface area contributed by atoms with Gasteiger partial charge >= 0.3 is 0 Å². The fraction of sp³-hybridized carbons (Fsp3) is 0.417. The maximum absolute atomic E-state index is 10.7. The van der Waals surface area contributed by atoms with Crippen molar-refractivity contribution in [3.8, 4) is 6.07 Å². The van der Waals surface area contributed by atoms with Crippen molar-refractivity contribution in [2.45, 2.75) is 19.9 Å². The summed E-state index contributed by atoms with van der Waals surface area (Å²) >= 11 is 0. The molecule has 96 valence electrons. The van der Waals surface area contributed by atoms with Gasteiger partial charge in [-0.15, -0.1) is 0 Å². The molecular weight excluding hydrogens is 234 g/mol. The van der Waals surface area contributed by atoms with E-state index in [1.807, 2.05) is 13.8 Å². The molecule has 0 aliphatic rings. The topological polar surface area (TPSA) is 99.2 Å². The van der Waals surface area contributed by atoms with Crippen LogP contribution in [0, 0.1) is 27.4 Å². The average molecular weight is 249 g/mol. The number of nitro groups is 1. The third-order valence-electron chi connectivity index (χ3n) is 2.85. The van der Waals surface area contributed by atoms with E-state index in [4.69, 9.17) is 10.4 Å². The maximum atomic E-state index is 10.7. The van der Waals surface area contributed by atoms with E-state index in [0.717, 1.165) is 0 Å². The van der Waals surface area contributed by atoms with Gasteiger partial charge in [0.25, 0.3) is 5.69 Å². The van der Waals surface area contributed by atoms with Gasteiger partial charge in [-0.25, -0.2) is 0 Å². The van der Waals surface area contributed by atoms with Gasteiger partial charge in [-0.05, 0) is 25.0 Å². The molecule has 6 heteroatoms. The summed E-state index contributed by atoms with van der Waals surface area (Å²) in [7, 11) is 0. The van der Waals surface area contributed by atoms with E-state index in [1.54, 1.807) is 12.1 Å². The Hall–Kier alpha value is -2.13. The molecule has 0 saturated heterocycles. The van der Waals surface area contributed by atoms with Crippen molar-refractivity contribution in [3.05, 3.63) is 33.9 Å². The van der Waals surface area contributed by atoms with Crippen LogP contribution < -0.4 is 5.32 Å². The first-order valence-corrected chi connectivity index (χ1v) is 5.55. The van der Waals surface area contributed by atoms with Crippen LogP contribution in [0.4, 0.5) is 11.4 Å². The summed E-state index contributed by atoms with van der Waals surface area (Å²) < 4.78 is 0. The highest BCUT2D eigenvalue weighted by atomic mass is 16.6. The summed E-state index contributed by atoms with van der Waals surface area (Å²) in [6.07, 6.45) is 0. The molecule has 2 N–H and O–H groups in total. The number of aliphatic hydroxyl groups is 1. The summed E-state index contributed by atoms with van der Waals surface area (Å²) in [5.41, 5.74) is 0.449. The van der Waals surface area contributed by atoms with Gasteiger partial charge in [0.2, 0.25) is 0 Å². The van der Waals surface area contributed by atoms with Crippen LogP contribution in [0.2, 0.25) is 0 Å². The average Bonchev–Trinajstić information content (AvgIpc) is 2.37. The van der Waals surface area contributed by atoms with Gasteiger partial charge in [0, 0.05) is 24.4 Å². The molecule has 6 nitrogen and oxygen atoms in total. The number of benzene rings is 1. The third kappa shape index (κ3) is 3.18. The highest BCUT2D eigenvalue weighted by Crippen LogP contribution is 2.23. The minimum Gasteiger partial charge on any atom is -0.396 e. The SMILES string of the molecule is CC(CO)C(C)Nc1ccc([N+](=O)[O-])c(C#N)c1. The lowest BCUT2D eigenvalue weighted by Crippen LogP contribution is -2.26. The van der Waals surface area contributed by atoms with Crippen LogP contribution in [-0.4, -0.2) is 22.7 Å². The van der Waals surface area contributed by atoms with Crippen LogP contribution in [0.3, 0.4) is 0 Å². The van der Waals surface area contributed by atoms with Gasteiger partial charge in [0.05, 0.1) is 4.92 Å². The lowest BCUT2D eigenvalue weighted by molar-refractivity contribution is -0.385. The standard InChI is InChI=1S/C12H15N3O3/c1-8(7-16)9(2)14-11-3-4-12(15(17)18)10(5-11)6-13/h3-5,8-9,14,16H,7H2,1-2H3. The number of nitro benzene ring substituents is 1. The molecule has 2 unspecified atom stereocenters. The Morgan fingerprint density at radius 3 is 2.72 bits per heavy atom. The summed E-state index contributed by atoms with van der Waals surface area (Å²) in [6.45, 7) is 3.83. The molecule has 0 aliphatic heterocycles. The number of nitriles is 1. The molecule has 0 spiro atoms. The molecule has 0 amide bonds. The molecule has 0 heterocycles. The van der Waals surface area contributed by atoms with E-state index < -0.39 is 4.92 Å². The number of hydrogen-bond donors (Lipinski definition) is 2. The monoisotopic (exact) mass is 249 g/mol. The number of aliphatic hydroxyl groups excluding tert-OH is 1. The number of nitrogens with zero attached hydrogens (tertiary/aromatic N) is 2. The van der Waals surface area contributed by atoms with Crippen molar-refractivity contribution in [1.29, 1.82) is 5.26 Å². The Kier molecular flexibility index (Phi) is 4.63. The summed E-state index contributed by atoms with van der Waals surface area (Å²) in [5, 5.41) is 31.6. The van der Waals surface area contributed by atoms with Gasteiger partial charge in [0.1, 0.15) is 11.6 Å². The lowest BCUT2D eigenvalue weighted by atomic mass is 10.0. The molecule has 1 rings (SSSR count). The molecule has 0 aromatic heterocycles. The van der Waals surface area contributed by atoms with Crippen molar-refractivity contribution in [2.75, 3.05) is 11.9 Å². The van der Waals surface area contributed by atoms with Crippen molar-refractivity contribution in [2.24, 2.45) is 5.92 Å². The predicted octanol–water partition coefficient (Wildman–Crippen LogP) is 1.90. The van der Waals surface area contributed by atoms with Crippen molar-refractivity contribution in [1.82, 2.24) is 0 Å². The largest absolute Gasteiger partial charge is 0.396 e. The third-order valence-corrected chi connectivity index (χ3v) is 2.85. The molecule has 0 saturated carbocycles. The molecule has 1 aromatic rings.